The van der Waals surface area contributed by atoms with Gasteiger partial charge >= 0.3 is 0 Å². The van der Waals surface area contributed by atoms with E-state index in [1.807, 2.05) is 12.1 Å². The molecule has 16 heavy (non-hydrogen) atoms. The molecule has 1 amide bonds. The van der Waals surface area contributed by atoms with Gasteiger partial charge in [0.15, 0.2) is 5.03 Å². The molecule has 5 nitrogen and oxygen atoms in total. The molecular weight excluding hydrogens is 226 g/mol. The number of carbonyl (C=O) groups is 1. The molecule has 0 bridgehead atoms. The van der Waals surface area contributed by atoms with Crippen molar-refractivity contribution in [3.8, 4) is 0 Å². The molecule has 0 atom stereocenters. The molecule has 6 heteroatoms. The van der Waals surface area contributed by atoms with E-state index in [-0.39, 0.29) is 16.3 Å². The second kappa shape index (κ2) is 4.36. The van der Waals surface area contributed by atoms with Crippen molar-refractivity contribution < 1.29 is 4.79 Å². The summed E-state index contributed by atoms with van der Waals surface area (Å²) in [5, 5.41) is 0.262. The van der Waals surface area contributed by atoms with E-state index < -0.39 is 5.91 Å². The van der Waals surface area contributed by atoms with E-state index in [2.05, 4.69) is 9.97 Å². The van der Waals surface area contributed by atoms with E-state index in [0.717, 1.165) is 11.8 Å². The Hall–Kier alpha value is -1.82. The van der Waals surface area contributed by atoms with Gasteiger partial charge in [-0.25, -0.2) is 4.98 Å². The van der Waals surface area contributed by atoms with Crippen LogP contribution in [0.2, 0.25) is 0 Å². The molecule has 0 aliphatic carbocycles. The van der Waals surface area contributed by atoms with Crippen LogP contribution in [0.5, 0.6) is 0 Å². The number of hydrogen-bond donors (Lipinski definition) is 2. The highest BCUT2D eigenvalue weighted by Crippen LogP contribution is 2.13. The highest BCUT2D eigenvalue weighted by molar-refractivity contribution is 7.99. The number of hydrogen-bond acceptors (Lipinski definition) is 4. The minimum Gasteiger partial charge on any atom is -0.369 e. The number of aromatic nitrogens is 2. The molecule has 0 spiro atoms. The van der Waals surface area contributed by atoms with Crippen molar-refractivity contribution in [2.24, 2.45) is 5.73 Å². The van der Waals surface area contributed by atoms with Gasteiger partial charge in [-0.15, -0.1) is 0 Å². The van der Waals surface area contributed by atoms with Gasteiger partial charge in [0.25, 0.3) is 5.56 Å². The Kier molecular flexibility index (Phi) is 2.91. The fourth-order valence-corrected chi connectivity index (χ4v) is 1.87. The van der Waals surface area contributed by atoms with Crippen molar-refractivity contribution in [1.82, 2.24) is 9.97 Å². The molecule has 0 saturated carbocycles. The van der Waals surface area contributed by atoms with Crippen LogP contribution >= 0.6 is 11.8 Å². The van der Waals surface area contributed by atoms with Crippen LogP contribution in [-0.2, 0) is 4.79 Å². The average molecular weight is 235 g/mol. The summed E-state index contributed by atoms with van der Waals surface area (Å²) in [6.45, 7) is 0. The number of fused-ring (bicyclic) bond motifs is 1. The Morgan fingerprint density at radius 3 is 2.94 bits per heavy atom. The van der Waals surface area contributed by atoms with E-state index in [4.69, 9.17) is 5.73 Å². The topological polar surface area (TPSA) is 88.8 Å². The molecule has 0 aliphatic heterocycles. The first-order chi connectivity index (χ1) is 7.66. The second-order valence-electron chi connectivity index (χ2n) is 3.14. The fourth-order valence-electron chi connectivity index (χ4n) is 1.25. The van der Waals surface area contributed by atoms with Gasteiger partial charge in [-0.3, -0.25) is 9.59 Å². The summed E-state index contributed by atoms with van der Waals surface area (Å²) >= 11 is 1.04. The van der Waals surface area contributed by atoms with E-state index >= 15 is 0 Å². The molecule has 0 radical (unpaired) electrons. The summed E-state index contributed by atoms with van der Waals surface area (Å²) in [7, 11) is 0. The van der Waals surface area contributed by atoms with Gasteiger partial charge in [0.05, 0.1) is 16.8 Å². The number of rotatable bonds is 3. The first-order valence-corrected chi connectivity index (χ1v) is 5.55. The Morgan fingerprint density at radius 1 is 1.44 bits per heavy atom. The van der Waals surface area contributed by atoms with Crippen molar-refractivity contribution in [2.75, 3.05) is 5.75 Å². The molecule has 0 saturated heterocycles. The Morgan fingerprint density at radius 2 is 2.19 bits per heavy atom. The van der Waals surface area contributed by atoms with Crippen LogP contribution in [-0.4, -0.2) is 21.6 Å². The summed E-state index contributed by atoms with van der Waals surface area (Å²) in [6, 6.07) is 7.21. The zero-order valence-corrected chi connectivity index (χ0v) is 9.08. The SMILES string of the molecule is NC(=O)CSc1nc2ccccc2[nH]c1=O. The monoisotopic (exact) mass is 235 g/mol. The van der Waals surface area contributed by atoms with E-state index in [1.165, 1.54) is 0 Å². The zero-order chi connectivity index (χ0) is 11.5. The minimum absolute atomic E-state index is 0.0500. The number of H-pyrrole nitrogens is 1. The number of thioether (sulfide) groups is 1. The van der Waals surface area contributed by atoms with Crippen LogP contribution in [0.3, 0.4) is 0 Å². The lowest BCUT2D eigenvalue weighted by Gasteiger charge is -2.00. The lowest BCUT2D eigenvalue weighted by atomic mass is 10.3. The summed E-state index contributed by atoms with van der Waals surface area (Å²) in [5.74, 6) is -0.423. The molecule has 0 unspecified atom stereocenters. The predicted molar refractivity (Wildman–Crippen MR) is 62.3 cm³/mol. The molecular formula is C10H9N3O2S. The van der Waals surface area contributed by atoms with Crippen LogP contribution in [0.1, 0.15) is 0 Å². The maximum atomic E-state index is 11.6. The number of para-hydroxylation sites is 2. The number of benzene rings is 1. The third-order valence-corrected chi connectivity index (χ3v) is 2.90. The first kappa shape index (κ1) is 10.7. The van der Waals surface area contributed by atoms with Gasteiger partial charge in [-0.05, 0) is 12.1 Å². The number of aromatic amines is 1. The molecule has 1 aromatic carbocycles. The van der Waals surface area contributed by atoms with Crippen LogP contribution < -0.4 is 11.3 Å². The number of nitrogens with two attached hydrogens (primary N) is 1. The summed E-state index contributed by atoms with van der Waals surface area (Å²) in [4.78, 5) is 29.0. The van der Waals surface area contributed by atoms with Crippen LogP contribution in [0.15, 0.2) is 34.1 Å². The van der Waals surface area contributed by atoms with E-state index in [9.17, 15) is 9.59 Å². The lowest BCUT2D eigenvalue weighted by molar-refractivity contribution is -0.115. The summed E-state index contributed by atoms with van der Waals surface area (Å²) < 4.78 is 0. The Balaban J connectivity index is 2.42. The Bertz CT molecular complexity index is 594. The van der Waals surface area contributed by atoms with E-state index in [1.54, 1.807) is 12.1 Å². The third kappa shape index (κ3) is 2.22. The highest BCUT2D eigenvalue weighted by atomic mass is 32.2. The number of primary amides is 1. The van der Waals surface area contributed by atoms with Crippen molar-refractivity contribution >= 4 is 28.7 Å². The molecule has 2 rings (SSSR count). The average Bonchev–Trinajstić information content (AvgIpc) is 2.26. The minimum atomic E-state index is -0.473. The standard InChI is InChI=1S/C10H9N3O2S/c11-8(14)5-16-10-9(15)12-6-3-1-2-4-7(6)13-10/h1-4H,5H2,(H2,11,14)(H,12,15). The van der Waals surface area contributed by atoms with Crippen molar-refractivity contribution in [2.45, 2.75) is 5.03 Å². The molecule has 2 aromatic rings. The highest BCUT2D eigenvalue weighted by Gasteiger charge is 2.06. The predicted octanol–water partition coefficient (Wildman–Crippen LogP) is 0.501. The van der Waals surface area contributed by atoms with Gasteiger partial charge in [0, 0.05) is 0 Å². The second-order valence-corrected chi connectivity index (χ2v) is 4.11. The quantitative estimate of drug-likeness (QED) is 0.758. The van der Waals surface area contributed by atoms with Crippen LogP contribution in [0.25, 0.3) is 11.0 Å². The Labute approximate surface area is 95.1 Å². The normalized spacial score (nSPS) is 10.5. The van der Waals surface area contributed by atoms with Crippen molar-refractivity contribution in [1.29, 1.82) is 0 Å². The fraction of sp³-hybridized carbons (Fsp3) is 0.100. The molecule has 0 fully saturated rings. The number of nitrogens with zero attached hydrogens (tertiary/aromatic N) is 1. The zero-order valence-electron chi connectivity index (χ0n) is 8.27. The van der Waals surface area contributed by atoms with Gasteiger partial charge in [-0.2, -0.15) is 0 Å². The van der Waals surface area contributed by atoms with Gasteiger partial charge < -0.3 is 10.7 Å². The molecule has 1 aromatic heterocycles. The maximum Gasteiger partial charge on any atom is 0.280 e. The molecule has 82 valence electrons. The summed E-state index contributed by atoms with van der Waals surface area (Å²) in [5.41, 5.74) is 6.07. The first-order valence-electron chi connectivity index (χ1n) is 4.57. The smallest absolute Gasteiger partial charge is 0.280 e. The summed E-state index contributed by atoms with van der Waals surface area (Å²) in [6.07, 6.45) is 0. The number of carbonyl (C=O) groups excluding carboxylic acids is 1. The van der Waals surface area contributed by atoms with Crippen molar-refractivity contribution in [3.63, 3.8) is 0 Å². The van der Waals surface area contributed by atoms with Gasteiger partial charge in [0.1, 0.15) is 0 Å². The molecule has 1 heterocycles. The third-order valence-electron chi connectivity index (χ3n) is 1.92. The van der Waals surface area contributed by atoms with Crippen LogP contribution in [0, 0.1) is 0 Å². The number of amides is 1. The maximum absolute atomic E-state index is 11.6. The number of nitrogens with one attached hydrogen (secondary N) is 1. The van der Waals surface area contributed by atoms with Crippen molar-refractivity contribution in [3.05, 3.63) is 34.6 Å². The van der Waals surface area contributed by atoms with E-state index in [0.29, 0.717) is 11.0 Å². The molecule has 0 aliphatic rings. The van der Waals surface area contributed by atoms with Gasteiger partial charge in [0.2, 0.25) is 5.91 Å². The largest absolute Gasteiger partial charge is 0.369 e. The van der Waals surface area contributed by atoms with Crippen LogP contribution in [0.4, 0.5) is 0 Å². The van der Waals surface area contributed by atoms with Gasteiger partial charge in [-0.1, -0.05) is 23.9 Å². The molecule has 3 N–H and O–H groups in total. The lowest BCUT2D eigenvalue weighted by Crippen LogP contribution is -2.16.